The molecule has 0 saturated carbocycles. The number of nitrogens with one attached hydrogen (secondary N) is 1. The van der Waals surface area contributed by atoms with Gasteiger partial charge < -0.3 is 11.1 Å². The van der Waals surface area contributed by atoms with Gasteiger partial charge in [0.1, 0.15) is 0 Å². The highest BCUT2D eigenvalue weighted by molar-refractivity contribution is 7.91. The van der Waals surface area contributed by atoms with Crippen LogP contribution in [-0.2, 0) is 14.6 Å². The number of benzene rings is 1. The minimum absolute atomic E-state index is 0.0389. The van der Waals surface area contributed by atoms with E-state index in [9.17, 15) is 13.2 Å². The number of unbranched alkanes of at least 4 members (excludes halogenated alkanes) is 2. The second-order valence-electron chi connectivity index (χ2n) is 4.74. The van der Waals surface area contributed by atoms with Gasteiger partial charge in [0, 0.05) is 6.42 Å². The molecule has 6 heteroatoms. The van der Waals surface area contributed by atoms with Crippen LogP contribution in [0.1, 0.15) is 32.6 Å². The number of anilines is 2. The monoisotopic (exact) mass is 298 g/mol. The number of carbonyl (C=O) groups is 1. The Morgan fingerprint density at radius 2 is 1.90 bits per heavy atom. The van der Waals surface area contributed by atoms with Gasteiger partial charge in [-0.05, 0) is 18.6 Å². The van der Waals surface area contributed by atoms with Crippen LogP contribution < -0.4 is 11.1 Å². The van der Waals surface area contributed by atoms with E-state index >= 15 is 0 Å². The van der Waals surface area contributed by atoms with Crippen LogP contribution in [0.5, 0.6) is 0 Å². The highest BCUT2D eigenvalue weighted by Gasteiger charge is 2.13. The molecule has 20 heavy (non-hydrogen) atoms. The number of sulfone groups is 1. The Hall–Kier alpha value is -1.56. The number of nitrogens with two attached hydrogens (primary N) is 1. The van der Waals surface area contributed by atoms with E-state index in [-0.39, 0.29) is 23.8 Å². The molecule has 0 aromatic heterocycles. The van der Waals surface area contributed by atoms with Gasteiger partial charge >= 0.3 is 0 Å². The third kappa shape index (κ3) is 6.06. The minimum atomic E-state index is -3.14. The Morgan fingerprint density at radius 3 is 2.55 bits per heavy atom. The molecule has 1 amide bonds. The van der Waals surface area contributed by atoms with Gasteiger partial charge in [-0.3, -0.25) is 4.79 Å². The summed E-state index contributed by atoms with van der Waals surface area (Å²) in [5.74, 6) is -0.293. The van der Waals surface area contributed by atoms with Crippen molar-refractivity contribution < 1.29 is 13.2 Å². The van der Waals surface area contributed by atoms with Gasteiger partial charge in [0.05, 0.1) is 22.9 Å². The lowest BCUT2D eigenvalue weighted by Crippen LogP contribution is -2.19. The summed E-state index contributed by atoms with van der Waals surface area (Å²) in [5, 5.41) is 2.62. The van der Waals surface area contributed by atoms with Crippen molar-refractivity contribution in [2.45, 2.75) is 32.6 Å². The van der Waals surface area contributed by atoms with Crippen molar-refractivity contribution in [3.05, 3.63) is 24.3 Å². The van der Waals surface area contributed by atoms with Gasteiger partial charge in [-0.1, -0.05) is 31.9 Å². The third-order valence-electron chi connectivity index (χ3n) is 2.93. The molecule has 0 aliphatic carbocycles. The van der Waals surface area contributed by atoms with Crippen molar-refractivity contribution in [2.75, 3.05) is 22.6 Å². The lowest BCUT2D eigenvalue weighted by Gasteiger charge is -2.08. The van der Waals surface area contributed by atoms with Crippen molar-refractivity contribution >= 4 is 27.1 Å². The lowest BCUT2D eigenvalue weighted by molar-refractivity contribution is -0.115. The van der Waals surface area contributed by atoms with Crippen LogP contribution in [0.15, 0.2) is 24.3 Å². The number of hydrogen-bond donors (Lipinski definition) is 2. The fourth-order valence-electron chi connectivity index (χ4n) is 1.75. The zero-order chi connectivity index (χ0) is 15.0. The Labute approximate surface area is 120 Å². The van der Waals surface area contributed by atoms with Crippen LogP contribution in [0.2, 0.25) is 0 Å². The number of carbonyl (C=O) groups excluding carboxylic acids is 1. The normalized spacial score (nSPS) is 11.2. The first-order valence-electron chi connectivity index (χ1n) is 6.79. The first-order valence-corrected chi connectivity index (χ1v) is 8.61. The Morgan fingerprint density at radius 1 is 1.20 bits per heavy atom. The van der Waals surface area contributed by atoms with Crippen molar-refractivity contribution in [3.63, 3.8) is 0 Å². The average Bonchev–Trinajstić information content (AvgIpc) is 2.40. The average molecular weight is 298 g/mol. The molecule has 0 aliphatic heterocycles. The molecule has 0 fully saturated rings. The summed E-state index contributed by atoms with van der Waals surface area (Å²) in [4.78, 5) is 11.7. The van der Waals surface area contributed by atoms with Gasteiger partial charge in [0.2, 0.25) is 5.91 Å². The van der Waals surface area contributed by atoms with Crippen molar-refractivity contribution in [1.82, 2.24) is 0 Å². The maximum atomic E-state index is 11.7. The van der Waals surface area contributed by atoms with Gasteiger partial charge in [-0.2, -0.15) is 0 Å². The first-order chi connectivity index (χ1) is 9.44. The van der Waals surface area contributed by atoms with Crippen LogP contribution in [0.4, 0.5) is 11.4 Å². The number of nitrogen functional groups attached to an aromatic ring is 1. The van der Waals surface area contributed by atoms with E-state index in [0.29, 0.717) is 17.8 Å². The maximum absolute atomic E-state index is 11.7. The number of amides is 1. The van der Waals surface area contributed by atoms with Gasteiger partial charge in [0.25, 0.3) is 0 Å². The van der Waals surface area contributed by atoms with E-state index in [4.69, 9.17) is 5.73 Å². The summed E-state index contributed by atoms with van der Waals surface area (Å²) in [5.41, 5.74) is 6.68. The van der Waals surface area contributed by atoms with Crippen LogP contribution in [0, 0.1) is 0 Å². The predicted molar refractivity (Wildman–Crippen MR) is 82.3 cm³/mol. The number of hydrogen-bond acceptors (Lipinski definition) is 4. The molecule has 0 atom stereocenters. The molecule has 0 saturated heterocycles. The first kappa shape index (κ1) is 16.5. The number of rotatable bonds is 8. The fraction of sp³-hybridized carbons (Fsp3) is 0.500. The molecule has 0 aliphatic rings. The van der Waals surface area contributed by atoms with E-state index in [1.165, 1.54) is 0 Å². The molecule has 0 unspecified atom stereocenters. The molecule has 0 spiro atoms. The molecule has 1 aromatic carbocycles. The van der Waals surface area contributed by atoms with Crippen LogP contribution in [0.3, 0.4) is 0 Å². The number of para-hydroxylation sites is 2. The zero-order valence-electron chi connectivity index (χ0n) is 11.8. The summed E-state index contributed by atoms with van der Waals surface area (Å²) in [6.07, 6.45) is 2.49. The summed E-state index contributed by atoms with van der Waals surface area (Å²) < 4.78 is 23.4. The predicted octanol–water partition coefficient (Wildman–Crippen LogP) is 2.20. The molecule has 1 aromatic rings. The van der Waals surface area contributed by atoms with E-state index in [2.05, 4.69) is 5.32 Å². The molecule has 5 nitrogen and oxygen atoms in total. The summed E-state index contributed by atoms with van der Waals surface area (Å²) in [6.45, 7) is 2.02. The van der Waals surface area contributed by atoms with Gasteiger partial charge in [-0.25, -0.2) is 8.42 Å². The largest absolute Gasteiger partial charge is 0.397 e. The second-order valence-corrected chi connectivity index (χ2v) is 7.05. The summed E-state index contributed by atoms with van der Waals surface area (Å²) in [6, 6.07) is 6.89. The smallest absolute Gasteiger partial charge is 0.225 e. The van der Waals surface area contributed by atoms with Crippen LogP contribution >= 0.6 is 0 Å². The molecular weight excluding hydrogens is 276 g/mol. The third-order valence-corrected chi connectivity index (χ3v) is 4.67. The van der Waals surface area contributed by atoms with E-state index < -0.39 is 9.84 Å². The Bertz CT molecular complexity index is 541. The van der Waals surface area contributed by atoms with E-state index in [1.54, 1.807) is 24.3 Å². The maximum Gasteiger partial charge on any atom is 0.225 e. The lowest BCUT2D eigenvalue weighted by atomic mass is 10.2. The molecular formula is C14H22N2O3S. The highest BCUT2D eigenvalue weighted by atomic mass is 32.2. The molecule has 3 N–H and O–H groups in total. The highest BCUT2D eigenvalue weighted by Crippen LogP contribution is 2.16. The Balaban J connectivity index is 2.42. The van der Waals surface area contributed by atoms with Crippen molar-refractivity contribution in [3.8, 4) is 0 Å². The van der Waals surface area contributed by atoms with E-state index in [1.807, 2.05) is 6.92 Å². The van der Waals surface area contributed by atoms with Crippen LogP contribution in [-0.4, -0.2) is 25.8 Å². The van der Waals surface area contributed by atoms with Crippen LogP contribution in [0.25, 0.3) is 0 Å². The summed E-state index contributed by atoms with van der Waals surface area (Å²) in [7, 11) is -3.14. The van der Waals surface area contributed by atoms with Crippen molar-refractivity contribution in [2.24, 2.45) is 0 Å². The second kappa shape index (κ2) is 7.89. The van der Waals surface area contributed by atoms with E-state index in [0.717, 1.165) is 12.8 Å². The molecule has 0 radical (unpaired) electrons. The quantitative estimate of drug-likeness (QED) is 0.569. The fourth-order valence-corrected chi connectivity index (χ4v) is 3.09. The van der Waals surface area contributed by atoms with Gasteiger partial charge in [-0.15, -0.1) is 0 Å². The summed E-state index contributed by atoms with van der Waals surface area (Å²) >= 11 is 0. The molecule has 112 valence electrons. The van der Waals surface area contributed by atoms with Gasteiger partial charge in [0.15, 0.2) is 9.84 Å². The zero-order valence-corrected chi connectivity index (χ0v) is 12.6. The molecule has 0 heterocycles. The minimum Gasteiger partial charge on any atom is -0.397 e. The standard InChI is InChI=1S/C14H22N2O3S/c1-2-3-6-10-20(18,19)11-9-14(17)16-13-8-5-4-7-12(13)15/h4-5,7-8H,2-3,6,9-11,15H2,1H3,(H,16,17). The topological polar surface area (TPSA) is 89.3 Å². The SMILES string of the molecule is CCCCCS(=O)(=O)CCC(=O)Nc1ccccc1N. The molecule has 0 bridgehead atoms. The molecule has 1 rings (SSSR count). The Kier molecular flexibility index (Phi) is 6.51. The van der Waals surface area contributed by atoms with Crippen molar-refractivity contribution in [1.29, 1.82) is 0 Å².